The summed E-state index contributed by atoms with van der Waals surface area (Å²) in [5, 5.41) is 0. The fourth-order valence-corrected chi connectivity index (χ4v) is 2.77. The summed E-state index contributed by atoms with van der Waals surface area (Å²) in [7, 11) is 0. The topological polar surface area (TPSA) is 95.7 Å². The predicted octanol–water partition coefficient (Wildman–Crippen LogP) is 3.75. The molecule has 3 rings (SSSR count). The Balaban J connectivity index is 1.66. The van der Waals surface area contributed by atoms with E-state index in [2.05, 4.69) is 4.98 Å². The average molecular weight is 381 g/mol. The van der Waals surface area contributed by atoms with Crippen molar-refractivity contribution in [1.82, 2.24) is 4.98 Å². The first-order chi connectivity index (χ1) is 13.3. The average Bonchev–Trinajstić information content (AvgIpc) is 3.05. The van der Waals surface area contributed by atoms with E-state index in [1.165, 1.54) is 20.8 Å². The second-order valence-electron chi connectivity index (χ2n) is 6.34. The zero-order valence-corrected chi connectivity index (χ0v) is 15.7. The van der Waals surface area contributed by atoms with E-state index >= 15 is 0 Å². The van der Waals surface area contributed by atoms with Crippen molar-refractivity contribution in [2.75, 3.05) is 0 Å². The lowest BCUT2D eigenvalue weighted by Gasteiger charge is -2.17. The molecule has 28 heavy (non-hydrogen) atoms. The summed E-state index contributed by atoms with van der Waals surface area (Å²) < 4.78 is 16.6. The maximum Gasteiger partial charge on any atom is 0.400 e. The largest absolute Gasteiger partial charge is 0.483 e. The zero-order chi connectivity index (χ0) is 20.3. The SMILES string of the molecule is CC(=O)C(C(C)=O)C(=O)C(C)Oc1ccc(Oc2nc3ccccc3o2)cc1. The van der Waals surface area contributed by atoms with Crippen molar-refractivity contribution >= 4 is 28.4 Å². The first-order valence-electron chi connectivity index (χ1n) is 8.70. The lowest BCUT2D eigenvalue weighted by atomic mass is 9.93. The van der Waals surface area contributed by atoms with Gasteiger partial charge < -0.3 is 13.9 Å². The maximum atomic E-state index is 12.3. The number of ketones is 3. The number of nitrogens with zero attached hydrogens (tertiary/aromatic N) is 1. The lowest BCUT2D eigenvalue weighted by Crippen LogP contribution is -2.37. The van der Waals surface area contributed by atoms with Crippen LogP contribution in [0.2, 0.25) is 0 Å². The third-order valence-corrected chi connectivity index (χ3v) is 4.11. The van der Waals surface area contributed by atoms with E-state index in [1.807, 2.05) is 18.2 Å². The summed E-state index contributed by atoms with van der Waals surface area (Å²) in [6.45, 7) is 3.94. The van der Waals surface area contributed by atoms with Crippen LogP contribution in [0, 0.1) is 5.92 Å². The Morgan fingerprint density at radius 1 is 0.929 bits per heavy atom. The number of ether oxygens (including phenoxy) is 2. The highest BCUT2D eigenvalue weighted by atomic mass is 16.6. The smallest absolute Gasteiger partial charge is 0.400 e. The molecule has 0 radical (unpaired) electrons. The molecular formula is C21H19NO6. The van der Waals surface area contributed by atoms with Crippen LogP contribution >= 0.6 is 0 Å². The molecule has 0 spiro atoms. The number of fused-ring (bicyclic) bond motifs is 1. The van der Waals surface area contributed by atoms with Crippen molar-refractivity contribution in [1.29, 1.82) is 0 Å². The van der Waals surface area contributed by atoms with Crippen LogP contribution in [-0.4, -0.2) is 28.4 Å². The lowest BCUT2D eigenvalue weighted by molar-refractivity contribution is -0.141. The molecule has 0 saturated carbocycles. The van der Waals surface area contributed by atoms with E-state index in [-0.39, 0.29) is 6.08 Å². The molecule has 0 N–H and O–H groups in total. The van der Waals surface area contributed by atoms with Crippen LogP contribution in [0.5, 0.6) is 17.6 Å². The molecule has 2 aromatic carbocycles. The number of carbonyl (C=O) groups is 3. The molecule has 0 saturated heterocycles. The summed E-state index contributed by atoms with van der Waals surface area (Å²) in [6.07, 6.45) is -0.828. The van der Waals surface area contributed by atoms with Crippen molar-refractivity contribution < 1.29 is 28.3 Å². The molecule has 0 amide bonds. The minimum Gasteiger partial charge on any atom is -0.483 e. The number of aromatic nitrogens is 1. The van der Waals surface area contributed by atoms with Gasteiger partial charge in [-0.3, -0.25) is 14.4 Å². The molecule has 1 unspecified atom stereocenters. The van der Waals surface area contributed by atoms with Gasteiger partial charge in [0.15, 0.2) is 17.5 Å². The van der Waals surface area contributed by atoms with Crippen LogP contribution in [0.4, 0.5) is 0 Å². The van der Waals surface area contributed by atoms with Crippen molar-refractivity contribution in [3.63, 3.8) is 0 Å². The van der Waals surface area contributed by atoms with Gasteiger partial charge in [-0.15, -0.1) is 0 Å². The molecular weight excluding hydrogens is 362 g/mol. The molecule has 7 nitrogen and oxygen atoms in total. The first kappa shape index (κ1) is 19.3. The van der Waals surface area contributed by atoms with Crippen LogP contribution in [0.15, 0.2) is 52.9 Å². The van der Waals surface area contributed by atoms with Crippen LogP contribution < -0.4 is 9.47 Å². The molecule has 3 aromatic rings. The van der Waals surface area contributed by atoms with Crippen molar-refractivity contribution in [2.24, 2.45) is 5.92 Å². The second-order valence-corrected chi connectivity index (χ2v) is 6.34. The van der Waals surface area contributed by atoms with Gasteiger partial charge in [-0.05, 0) is 57.2 Å². The highest BCUT2D eigenvalue weighted by Gasteiger charge is 2.32. The number of benzene rings is 2. The number of hydrogen-bond donors (Lipinski definition) is 0. The summed E-state index contributed by atoms with van der Waals surface area (Å²) >= 11 is 0. The zero-order valence-electron chi connectivity index (χ0n) is 15.7. The van der Waals surface area contributed by atoms with Crippen molar-refractivity contribution in [2.45, 2.75) is 26.9 Å². The van der Waals surface area contributed by atoms with E-state index in [0.717, 1.165) is 0 Å². The standard InChI is InChI=1S/C21H19NO6/c1-12(23)19(13(2)24)20(25)14(3)26-15-8-10-16(11-9-15)27-21-22-17-6-4-5-7-18(17)28-21/h4-11,14,19H,1-3H3. The summed E-state index contributed by atoms with van der Waals surface area (Å²) in [5.41, 5.74) is 1.31. The molecule has 1 aromatic heterocycles. The quantitative estimate of drug-likeness (QED) is 0.548. The summed E-state index contributed by atoms with van der Waals surface area (Å²) in [5.74, 6) is -1.96. The third-order valence-electron chi connectivity index (χ3n) is 4.11. The summed E-state index contributed by atoms with van der Waals surface area (Å²) in [6, 6.07) is 13.8. The molecule has 0 aliphatic heterocycles. The highest BCUT2D eigenvalue weighted by molar-refractivity contribution is 6.19. The van der Waals surface area contributed by atoms with E-state index in [0.29, 0.717) is 22.6 Å². The Hall–Kier alpha value is -3.48. The number of oxazole rings is 1. The number of carbonyl (C=O) groups excluding carboxylic acids is 3. The highest BCUT2D eigenvalue weighted by Crippen LogP contribution is 2.27. The minimum absolute atomic E-state index is 0.115. The van der Waals surface area contributed by atoms with Crippen molar-refractivity contribution in [3.05, 3.63) is 48.5 Å². The molecule has 1 atom stereocenters. The number of Topliss-reactive ketones (excluding diaryl/α,β-unsaturated/α-hetero) is 3. The van der Waals surface area contributed by atoms with Gasteiger partial charge in [-0.1, -0.05) is 12.1 Å². The molecule has 0 aliphatic rings. The third kappa shape index (κ3) is 4.25. The molecule has 144 valence electrons. The maximum absolute atomic E-state index is 12.3. The van der Waals surface area contributed by atoms with Gasteiger partial charge in [0.1, 0.15) is 34.5 Å². The molecule has 0 fully saturated rings. The van der Waals surface area contributed by atoms with Gasteiger partial charge in [0, 0.05) is 0 Å². The van der Waals surface area contributed by atoms with E-state index in [1.54, 1.807) is 30.3 Å². The number of para-hydroxylation sites is 2. The van der Waals surface area contributed by atoms with Gasteiger partial charge in [0.2, 0.25) is 0 Å². The first-order valence-corrected chi connectivity index (χ1v) is 8.70. The van der Waals surface area contributed by atoms with Crippen LogP contribution in [-0.2, 0) is 14.4 Å². The Morgan fingerprint density at radius 2 is 1.54 bits per heavy atom. The van der Waals surface area contributed by atoms with Gasteiger partial charge in [0.05, 0.1) is 0 Å². The molecule has 1 heterocycles. The molecule has 7 heteroatoms. The second kappa shape index (κ2) is 8.04. The Morgan fingerprint density at radius 3 is 2.14 bits per heavy atom. The molecule has 0 aliphatic carbocycles. The monoisotopic (exact) mass is 381 g/mol. The minimum atomic E-state index is -1.29. The van der Waals surface area contributed by atoms with Crippen LogP contribution in [0.1, 0.15) is 20.8 Å². The van der Waals surface area contributed by atoms with Gasteiger partial charge in [0.25, 0.3) is 0 Å². The van der Waals surface area contributed by atoms with Crippen molar-refractivity contribution in [3.8, 4) is 17.6 Å². The normalized spacial score (nSPS) is 12.0. The van der Waals surface area contributed by atoms with E-state index in [4.69, 9.17) is 13.9 Å². The number of hydrogen-bond acceptors (Lipinski definition) is 7. The Bertz CT molecular complexity index is 974. The van der Waals surface area contributed by atoms with Crippen LogP contribution in [0.3, 0.4) is 0 Å². The van der Waals surface area contributed by atoms with Crippen LogP contribution in [0.25, 0.3) is 11.1 Å². The fourth-order valence-electron chi connectivity index (χ4n) is 2.77. The van der Waals surface area contributed by atoms with E-state index < -0.39 is 29.4 Å². The Labute approximate surface area is 161 Å². The van der Waals surface area contributed by atoms with E-state index in [9.17, 15) is 14.4 Å². The predicted molar refractivity (Wildman–Crippen MR) is 100 cm³/mol. The number of rotatable bonds is 8. The molecule has 0 bridgehead atoms. The fraction of sp³-hybridized carbons (Fsp3) is 0.238. The van der Waals surface area contributed by atoms with Gasteiger partial charge in [-0.2, -0.15) is 4.98 Å². The van der Waals surface area contributed by atoms with Gasteiger partial charge in [-0.25, -0.2) is 0 Å². The van der Waals surface area contributed by atoms with Gasteiger partial charge >= 0.3 is 6.08 Å². The Kier molecular flexibility index (Phi) is 5.54. The summed E-state index contributed by atoms with van der Waals surface area (Å²) in [4.78, 5) is 39.6.